The zero-order valence-corrected chi connectivity index (χ0v) is 15.5. The number of H-pyrrole nitrogens is 1. The van der Waals surface area contributed by atoms with Gasteiger partial charge in [0, 0.05) is 24.2 Å². The van der Waals surface area contributed by atoms with Gasteiger partial charge in [-0.2, -0.15) is 5.10 Å². The second kappa shape index (κ2) is 7.24. The van der Waals surface area contributed by atoms with E-state index in [-0.39, 0.29) is 5.41 Å². The average molecular weight is 333 g/mol. The lowest BCUT2D eigenvalue weighted by atomic mass is 9.78. The van der Waals surface area contributed by atoms with Crippen LogP contribution in [0.25, 0.3) is 11.1 Å². The lowest BCUT2D eigenvalue weighted by Crippen LogP contribution is -2.23. The minimum Gasteiger partial charge on any atom is -0.319 e. The maximum Gasteiger partial charge on any atom is 0.0565 e. The predicted molar refractivity (Wildman–Crippen MR) is 105 cm³/mol. The van der Waals surface area contributed by atoms with Crippen molar-refractivity contribution in [2.45, 2.75) is 32.1 Å². The predicted octanol–water partition coefficient (Wildman–Crippen LogP) is 4.73. The third kappa shape index (κ3) is 3.83. The molecular weight excluding hydrogens is 306 g/mol. The molecule has 0 spiro atoms. The number of nitrogens with one attached hydrogen (secondary N) is 2. The number of benzene rings is 2. The van der Waals surface area contributed by atoms with Crippen molar-refractivity contribution in [3.05, 3.63) is 77.6 Å². The fourth-order valence-corrected chi connectivity index (χ4v) is 3.41. The number of nitrogens with zero attached hydrogens (tertiary/aromatic N) is 1. The summed E-state index contributed by atoms with van der Waals surface area (Å²) in [5.41, 5.74) is 6.57. The molecule has 0 saturated heterocycles. The minimum atomic E-state index is 0.124. The van der Waals surface area contributed by atoms with Crippen molar-refractivity contribution in [3.8, 4) is 11.1 Å². The van der Waals surface area contributed by atoms with Gasteiger partial charge >= 0.3 is 0 Å². The fraction of sp³-hybridized carbons (Fsp3) is 0.318. The van der Waals surface area contributed by atoms with Crippen molar-refractivity contribution in [1.29, 1.82) is 0 Å². The van der Waals surface area contributed by atoms with Crippen molar-refractivity contribution < 1.29 is 0 Å². The first kappa shape index (κ1) is 17.4. The monoisotopic (exact) mass is 333 g/mol. The van der Waals surface area contributed by atoms with E-state index in [0.717, 1.165) is 12.1 Å². The van der Waals surface area contributed by atoms with Gasteiger partial charge < -0.3 is 5.32 Å². The van der Waals surface area contributed by atoms with Crippen LogP contribution in [0.5, 0.6) is 0 Å². The first-order chi connectivity index (χ1) is 12.0. The second-order valence-electron chi connectivity index (χ2n) is 7.56. The average Bonchev–Trinajstić information content (AvgIpc) is 3.14. The molecule has 3 rings (SSSR count). The summed E-state index contributed by atoms with van der Waals surface area (Å²) in [5.74, 6) is 0.332. The number of hydrogen-bond acceptors (Lipinski definition) is 2. The van der Waals surface area contributed by atoms with E-state index in [9.17, 15) is 0 Å². The van der Waals surface area contributed by atoms with Crippen LogP contribution in [0.3, 0.4) is 0 Å². The van der Waals surface area contributed by atoms with E-state index in [1.165, 1.54) is 22.3 Å². The Kier molecular flexibility index (Phi) is 5.05. The molecule has 0 amide bonds. The van der Waals surface area contributed by atoms with E-state index in [4.69, 9.17) is 0 Å². The number of aromatic amines is 1. The van der Waals surface area contributed by atoms with Gasteiger partial charge in [-0.05, 0) is 34.7 Å². The molecule has 2 aromatic carbocycles. The summed E-state index contributed by atoms with van der Waals surface area (Å²) in [7, 11) is 2.02. The highest BCUT2D eigenvalue weighted by molar-refractivity contribution is 5.62. The maximum atomic E-state index is 4.04. The molecule has 0 aliphatic rings. The molecule has 0 radical (unpaired) electrons. The van der Waals surface area contributed by atoms with Gasteiger partial charge in [-0.15, -0.1) is 0 Å². The highest BCUT2D eigenvalue weighted by atomic mass is 15.1. The molecule has 3 nitrogen and oxygen atoms in total. The van der Waals surface area contributed by atoms with E-state index in [1.807, 2.05) is 19.4 Å². The van der Waals surface area contributed by atoms with E-state index in [2.05, 4.69) is 84.8 Å². The molecule has 0 aliphatic carbocycles. The highest BCUT2D eigenvalue weighted by Gasteiger charge is 2.23. The topological polar surface area (TPSA) is 40.7 Å². The number of likely N-dealkylation sites (N-methyl/N-ethyl adjacent to an activating group) is 1. The molecule has 1 aromatic heterocycles. The van der Waals surface area contributed by atoms with Crippen LogP contribution >= 0.6 is 0 Å². The minimum absolute atomic E-state index is 0.124. The summed E-state index contributed by atoms with van der Waals surface area (Å²) in [4.78, 5) is 0. The molecule has 0 fully saturated rings. The number of aromatic nitrogens is 2. The molecule has 1 atom stereocenters. The van der Waals surface area contributed by atoms with E-state index in [1.54, 1.807) is 0 Å². The Labute approximate surface area is 150 Å². The lowest BCUT2D eigenvalue weighted by molar-refractivity contribution is 0.572. The Morgan fingerprint density at radius 3 is 2.32 bits per heavy atom. The molecular formula is C22H27N3. The summed E-state index contributed by atoms with van der Waals surface area (Å²) in [6, 6.07) is 17.7. The third-order valence-electron chi connectivity index (χ3n) is 4.70. The van der Waals surface area contributed by atoms with E-state index in [0.29, 0.717) is 5.92 Å². The quantitative estimate of drug-likeness (QED) is 0.709. The summed E-state index contributed by atoms with van der Waals surface area (Å²) in [6.07, 6.45) is 3.78. The zero-order valence-electron chi connectivity index (χ0n) is 15.5. The van der Waals surface area contributed by atoms with Crippen LogP contribution in [0.1, 0.15) is 43.4 Å². The number of hydrogen-bond donors (Lipinski definition) is 2. The van der Waals surface area contributed by atoms with Crippen molar-refractivity contribution in [1.82, 2.24) is 15.5 Å². The lowest BCUT2D eigenvalue weighted by Gasteiger charge is -2.28. The van der Waals surface area contributed by atoms with E-state index >= 15 is 0 Å². The molecule has 0 aliphatic heterocycles. The summed E-state index contributed by atoms with van der Waals surface area (Å²) in [5, 5.41) is 10.3. The van der Waals surface area contributed by atoms with Gasteiger partial charge in [0.2, 0.25) is 0 Å². The Morgan fingerprint density at radius 1 is 1.00 bits per heavy atom. The number of rotatable bonds is 5. The summed E-state index contributed by atoms with van der Waals surface area (Å²) in [6.45, 7) is 7.76. The molecule has 0 saturated carbocycles. The third-order valence-corrected chi connectivity index (χ3v) is 4.70. The molecule has 25 heavy (non-hydrogen) atoms. The maximum absolute atomic E-state index is 4.04. The zero-order chi connectivity index (χ0) is 17.9. The molecule has 1 unspecified atom stereocenters. The van der Waals surface area contributed by atoms with Crippen molar-refractivity contribution >= 4 is 0 Å². The standard InChI is InChI=1S/C22H27N3/c1-22(2,3)21-8-6-5-7-19(21)20(15-23-4)17-11-9-16(10-12-17)18-13-24-25-14-18/h5-14,20,23H,15H2,1-4H3,(H,24,25). The van der Waals surface area contributed by atoms with Gasteiger partial charge in [0.25, 0.3) is 0 Å². The molecule has 3 aromatic rings. The Hall–Kier alpha value is -2.39. The van der Waals surface area contributed by atoms with Gasteiger partial charge in [-0.1, -0.05) is 69.3 Å². The molecule has 1 heterocycles. The van der Waals surface area contributed by atoms with Crippen LogP contribution < -0.4 is 5.32 Å². The Bertz CT molecular complexity index is 796. The van der Waals surface area contributed by atoms with Gasteiger partial charge in [-0.3, -0.25) is 5.10 Å². The van der Waals surface area contributed by atoms with Crippen LogP contribution in [0.2, 0.25) is 0 Å². The van der Waals surface area contributed by atoms with Crippen LogP contribution in [-0.4, -0.2) is 23.8 Å². The summed E-state index contributed by atoms with van der Waals surface area (Å²) >= 11 is 0. The fourth-order valence-electron chi connectivity index (χ4n) is 3.41. The van der Waals surface area contributed by atoms with Gasteiger partial charge in [0.1, 0.15) is 0 Å². The highest BCUT2D eigenvalue weighted by Crippen LogP contribution is 2.34. The van der Waals surface area contributed by atoms with Crippen molar-refractivity contribution in [3.63, 3.8) is 0 Å². The molecule has 130 valence electrons. The van der Waals surface area contributed by atoms with Gasteiger partial charge in [0.05, 0.1) is 6.20 Å². The van der Waals surface area contributed by atoms with Crippen molar-refractivity contribution in [2.75, 3.05) is 13.6 Å². The smallest absolute Gasteiger partial charge is 0.0565 e. The van der Waals surface area contributed by atoms with Crippen LogP contribution in [-0.2, 0) is 5.41 Å². The first-order valence-corrected chi connectivity index (χ1v) is 8.84. The normalized spacial score (nSPS) is 13.0. The Balaban J connectivity index is 2.00. The molecule has 2 N–H and O–H groups in total. The summed E-state index contributed by atoms with van der Waals surface area (Å²) < 4.78 is 0. The van der Waals surface area contributed by atoms with Gasteiger partial charge in [-0.25, -0.2) is 0 Å². The van der Waals surface area contributed by atoms with Crippen LogP contribution in [0.15, 0.2) is 60.9 Å². The van der Waals surface area contributed by atoms with Crippen molar-refractivity contribution in [2.24, 2.45) is 0 Å². The SMILES string of the molecule is CNCC(c1ccc(-c2cn[nH]c2)cc1)c1ccccc1C(C)(C)C. The van der Waals surface area contributed by atoms with Crippen LogP contribution in [0, 0.1) is 0 Å². The van der Waals surface area contributed by atoms with Crippen LogP contribution in [0.4, 0.5) is 0 Å². The Morgan fingerprint density at radius 2 is 1.72 bits per heavy atom. The molecule has 3 heteroatoms. The molecule has 0 bridgehead atoms. The van der Waals surface area contributed by atoms with E-state index < -0.39 is 0 Å². The van der Waals surface area contributed by atoms with Gasteiger partial charge in [0.15, 0.2) is 0 Å². The second-order valence-corrected chi connectivity index (χ2v) is 7.56. The first-order valence-electron chi connectivity index (χ1n) is 8.84. The largest absolute Gasteiger partial charge is 0.319 e.